The van der Waals surface area contributed by atoms with Gasteiger partial charge < -0.3 is 19.9 Å². The lowest BCUT2D eigenvalue weighted by atomic mass is 10.0. The molecule has 0 saturated heterocycles. The number of rotatable bonds is 3. The highest BCUT2D eigenvalue weighted by Crippen LogP contribution is 2.50. The van der Waals surface area contributed by atoms with Crippen LogP contribution in [0, 0.1) is 0 Å². The van der Waals surface area contributed by atoms with Crippen LogP contribution in [0.3, 0.4) is 0 Å². The molecule has 2 rings (SSSR count). The van der Waals surface area contributed by atoms with Crippen LogP contribution in [0.4, 0.5) is 17.6 Å². The Kier molecular flexibility index (Phi) is 3.45. The largest absolute Gasteiger partial charge is 0.507 e. The highest BCUT2D eigenvalue weighted by Gasteiger charge is 2.66. The van der Waals surface area contributed by atoms with Gasteiger partial charge in [0.1, 0.15) is 5.75 Å². The molecule has 1 aliphatic heterocycles. The van der Waals surface area contributed by atoms with E-state index in [0.29, 0.717) is 0 Å². The zero-order chi connectivity index (χ0) is 15.1. The predicted octanol–water partition coefficient (Wildman–Crippen LogP) is 2.54. The molecule has 1 unspecified atom stereocenters. The van der Waals surface area contributed by atoms with Gasteiger partial charge in [-0.1, -0.05) is 0 Å². The van der Waals surface area contributed by atoms with E-state index in [0.717, 1.165) is 6.07 Å². The summed E-state index contributed by atoms with van der Waals surface area (Å²) in [6.45, 7) is 1.63. The van der Waals surface area contributed by atoms with Gasteiger partial charge in [-0.2, -0.15) is 17.6 Å². The van der Waals surface area contributed by atoms with Crippen LogP contribution >= 0.6 is 0 Å². The number of benzene rings is 1. The van der Waals surface area contributed by atoms with Crippen LogP contribution < -0.4 is 19.9 Å². The van der Waals surface area contributed by atoms with E-state index in [-0.39, 0.29) is 17.7 Å². The molecule has 1 heterocycles. The molecule has 0 radical (unpaired) electrons. The van der Waals surface area contributed by atoms with Crippen molar-refractivity contribution in [1.29, 1.82) is 0 Å². The number of alkyl halides is 4. The molecule has 2 N–H and O–H groups in total. The van der Waals surface area contributed by atoms with Crippen molar-refractivity contribution in [3.8, 4) is 17.2 Å². The molecule has 0 aromatic heterocycles. The molecule has 1 aromatic carbocycles. The Morgan fingerprint density at radius 3 is 2.35 bits per heavy atom. The first-order valence-electron chi connectivity index (χ1n) is 5.77. The van der Waals surface area contributed by atoms with Gasteiger partial charge in [-0.25, -0.2) is 0 Å². The highest BCUT2D eigenvalue weighted by molar-refractivity contribution is 5.55. The highest BCUT2D eigenvalue weighted by atomic mass is 19.3. The first-order valence-corrected chi connectivity index (χ1v) is 5.77. The van der Waals surface area contributed by atoms with Gasteiger partial charge in [-0.05, 0) is 25.5 Å². The molecule has 0 aliphatic carbocycles. The third-order valence-electron chi connectivity index (χ3n) is 2.73. The number of methoxy groups -OCH3 is 1. The Hall–Kier alpha value is -1.70. The normalized spacial score (nSPS) is 20.4. The fourth-order valence-corrected chi connectivity index (χ4v) is 1.87. The van der Waals surface area contributed by atoms with Gasteiger partial charge in [-0.3, -0.25) is 0 Å². The van der Waals surface area contributed by atoms with Gasteiger partial charge in [0.15, 0.2) is 11.5 Å². The van der Waals surface area contributed by atoms with Crippen LogP contribution in [0.5, 0.6) is 17.2 Å². The molecule has 0 fully saturated rings. The molecular formula is C12H13F4NO3. The van der Waals surface area contributed by atoms with E-state index in [9.17, 15) is 17.6 Å². The van der Waals surface area contributed by atoms with Gasteiger partial charge in [0.25, 0.3) is 0 Å². The maximum atomic E-state index is 13.2. The molecule has 0 saturated carbocycles. The number of nitrogens with two attached hydrogens (primary N) is 1. The summed E-state index contributed by atoms with van der Waals surface area (Å²) in [7, 11) is 1.32. The second-order valence-electron chi connectivity index (χ2n) is 4.49. The summed E-state index contributed by atoms with van der Waals surface area (Å²) < 4.78 is 65.9. The second kappa shape index (κ2) is 4.69. The summed E-state index contributed by atoms with van der Waals surface area (Å²) in [5.74, 6) is -0.736. The number of hydrogen-bond acceptors (Lipinski definition) is 4. The molecular weight excluding hydrogens is 282 g/mol. The Morgan fingerprint density at radius 2 is 1.80 bits per heavy atom. The lowest BCUT2D eigenvalue weighted by Gasteiger charge is -2.33. The van der Waals surface area contributed by atoms with E-state index in [1.54, 1.807) is 6.92 Å². The minimum Gasteiger partial charge on any atom is -0.496 e. The molecule has 112 valence electrons. The molecule has 1 atom stereocenters. The summed E-state index contributed by atoms with van der Waals surface area (Å²) >= 11 is 0. The first-order chi connectivity index (χ1) is 9.18. The van der Waals surface area contributed by atoms with E-state index in [1.807, 2.05) is 0 Å². The maximum Gasteiger partial charge on any atom is 0.507 e. The molecule has 0 amide bonds. The van der Waals surface area contributed by atoms with E-state index in [1.165, 1.54) is 13.2 Å². The van der Waals surface area contributed by atoms with Crippen molar-refractivity contribution in [1.82, 2.24) is 0 Å². The quantitative estimate of drug-likeness (QED) is 0.871. The van der Waals surface area contributed by atoms with Crippen LogP contribution in [0.2, 0.25) is 0 Å². The van der Waals surface area contributed by atoms with Crippen molar-refractivity contribution in [3.63, 3.8) is 0 Å². The van der Waals surface area contributed by atoms with Gasteiger partial charge in [0.2, 0.25) is 0 Å². The summed E-state index contributed by atoms with van der Waals surface area (Å²) in [6, 6.07) is 2.01. The molecule has 20 heavy (non-hydrogen) atoms. The lowest BCUT2D eigenvalue weighted by molar-refractivity contribution is -0.391. The van der Waals surface area contributed by atoms with E-state index < -0.39 is 29.8 Å². The minimum atomic E-state index is -4.76. The third kappa shape index (κ3) is 2.35. The van der Waals surface area contributed by atoms with Crippen molar-refractivity contribution in [2.75, 3.05) is 7.11 Å². The summed E-state index contributed by atoms with van der Waals surface area (Å²) in [6.07, 6.45) is -9.39. The van der Waals surface area contributed by atoms with Crippen LogP contribution in [-0.2, 0) is 6.42 Å². The molecule has 1 aliphatic rings. The third-order valence-corrected chi connectivity index (χ3v) is 2.73. The van der Waals surface area contributed by atoms with Gasteiger partial charge in [-0.15, -0.1) is 0 Å². The fourth-order valence-electron chi connectivity index (χ4n) is 1.87. The molecule has 1 aromatic rings. The van der Waals surface area contributed by atoms with Crippen molar-refractivity contribution in [2.45, 2.75) is 31.6 Å². The van der Waals surface area contributed by atoms with Crippen molar-refractivity contribution >= 4 is 0 Å². The standard InChI is InChI=1S/C12H13F4NO3/c1-6(17)5-7-8(18-2)3-4-9-10(7)20-12(15,16)11(13,14)19-9/h3-4,6H,5,17H2,1-2H3. The van der Waals surface area contributed by atoms with Crippen LogP contribution in [0.25, 0.3) is 0 Å². The zero-order valence-corrected chi connectivity index (χ0v) is 10.8. The zero-order valence-electron chi connectivity index (χ0n) is 10.8. The lowest BCUT2D eigenvalue weighted by Crippen LogP contribution is -2.52. The van der Waals surface area contributed by atoms with E-state index in [4.69, 9.17) is 10.5 Å². The Balaban J connectivity index is 2.54. The second-order valence-corrected chi connectivity index (χ2v) is 4.49. The van der Waals surface area contributed by atoms with Crippen LogP contribution in [0.1, 0.15) is 12.5 Å². The van der Waals surface area contributed by atoms with E-state index in [2.05, 4.69) is 9.47 Å². The average molecular weight is 295 g/mol. The molecule has 0 bridgehead atoms. The number of fused-ring (bicyclic) bond motifs is 1. The van der Waals surface area contributed by atoms with Crippen molar-refractivity contribution in [2.24, 2.45) is 5.73 Å². The first kappa shape index (κ1) is 14.7. The van der Waals surface area contributed by atoms with E-state index >= 15 is 0 Å². The predicted molar refractivity (Wildman–Crippen MR) is 61.5 cm³/mol. The summed E-state index contributed by atoms with van der Waals surface area (Å²) in [5.41, 5.74) is 5.78. The van der Waals surface area contributed by atoms with Crippen molar-refractivity contribution < 1.29 is 31.8 Å². The fraction of sp³-hybridized carbons (Fsp3) is 0.500. The molecule has 8 heteroatoms. The van der Waals surface area contributed by atoms with Crippen LogP contribution in [0.15, 0.2) is 12.1 Å². The monoisotopic (exact) mass is 295 g/mol. The van der Waals surface area contributed by atoms with Gasteiger partial charge in [0.05, 0.1) is 7.11 Å². The molecule has 0 spiro atoms. The Morgan fingerprint density at radius 1 is 1.20 bits per heavy atom. The topological polar surface area (TPSA) is 53.7 Å². The average Bonchev–Trinajstić information content (AvgIpc) is 2.31. The SMILES string of the molecule is COc1ccc2c(c1CC(C)N)OC(F)(F)C(F)(F)O2. The van der Waals surface area contributed by atoms with Crippen molar-refractivity contribution in [3.05, 3.63) is 17.7 Å². The number of halogens is 4. The molecule has 4 nitrogen and oxygen atoms in total. The Bertz CT molecular complexity index is 520. The summed E-state index contributed by atoms with van der Waals surface area (Å²) in [4.78, 5) is 0. The number of ether oxygens (including phenoxy) is 3. The maximum absolute atomic E-state index is 13.2. The summed E-state index contributed by atoms with van der Waals surface area (Å²) in [5, 5.41) is 0. The van der Waals surface area contributed by atoms with Gasteiger partial charge in [0, 0.05) is 11.6 Å². The smallest absolute Gasteiger partial charge is 0.496 e. The Labute approximate surface area is 112 Å². The van der Waals surface area contributed by atoms with Gasteiger partial charge >= 0.3 is 12.2 Å². The minimum absolute atomic E-state index is 0.108. The van der Waals surface area contributed by atoms with Crippen LogP contribution in [-0.4, -0.2) is 25.4 Å². The number of hydrogen-bond donors (Lipinski definition) is 1.